The lowest BCUT2D eigenvalue weighted by atomic mass is 10.0. The molecule has 23 heavy (non-hydrogen) atoms. The van der Waals surface area contributed by atoms with Crippen molar-refractivity contribution in [1.82, 2.24) is 4.90 Å². The third-order valence-electron chi connectivity index (χ3n) is 4.55. The number of halogens is 1. The molecule has 0 bridgehead atoms. The number of aliphatic hydroxyl groups excluding tert-OH is 1. The Hall–Kier alpha value is 0.210. The highest BCUT2D eigenvalue weighted by molar-refractivity contribution is 5.85. The third kappa shape index (κ3) is 22.2. The number of hydrogen-bond donors (Lipinski definition) is 1. The SMILES string of the molecule is CCCCCCCCCCCCCCCC(O)CCN(C)C.Cl. The molecule has 142 valence electrons. The minimum Gasteiger partial charge on any atom is -0.393 e. The first-order chi connectivity index (χ1) is 10.7. The van der Waals surface area contributed by atoms with Crippen molar-refractivity contribution in [3.8, 4) is 0 Å². The minimum absolute atomic E-state index is 0. The Kier molecular flexibility index (Phi) is 22.4. The molecule has 0 rings (SSSR count). The van der Waals surface area contributed by atoms with E-state index < -0.39 is 0 Å². The van der Waals surface area contributed by atoms with E-state index in [1.54, 1.807) is 0 Å². The molecule has 0 aromatic rings. The second-order valence-corrected chi connectivity index (χ2v) is 7.28. The van der Waals surface area contributed by atoms with Crippen LogP contribution in [0.25, 0.3) is 0 Å². The number of rotatable bonds is 17. The van der Waals surface area contributed by atoms with Crippen molar-refractivity contribution in [1.29, 1.82) is 0 Å². The molecule has 1 atom stereocenters. The maximum atomic E-state index is 9.85. The van der Waals surface area contributed by atoms with E-state index in [1.807, 2.05) is 0 Å². The summed E-state index contributed by atoms with van der Waals surface area (Å²) in [5.41, 5.74) is 0. The van der Waals surface area contributed by atoms with Crippen LogP contribution in [0.3, 0.4) is 0 Å². The fourth-order valence-electron chi connectivity index (χ4n) is 2.95. The van der Waals surface area contributed by atoms with E-state index in [4.69, 9.17) is 0 Å². The molecule has 3 heteroatoms. The summed E-state index contributed by atoms with van der Waals surface area (Å²) in [5, 5.41) is 9.85. The molecule has 1 unspecified atom stereocenters. The average Bonchev–Trinajstić information content (AvgIpc) is 2.49. The molecule has 0 saturated heterocycles. The van der Waals surface area contributed by atoms with Crippen LogP contribution in [0.5, 0.6) is 0 Å². The Morgan fingerprint density at radius 1 is 0.652 bits per heavy atom. The van der Waals surface area contributed by atoms with Crippen LogP contribution in [0.2, 0.25) is 0 Å². The van der Waals surface area contributed by atoms with Crippen molar-refractivity contribution >= 4 is 12.4 Å². The van der Waals surface area contributed by atoms with Gasteiger partial charge in [0.15, 0.2) is 0 Å². The summed E-state index contributed by atoms with van der Waals surface area (Å²) in [6.07, 6.45) is 19.9. The van der Waals surface area contributed by atoms with Gasteiger partial charge >= 0.3 is 0 Å². The van der Waals surface area contributed by atoms with Gasteiger partial charge in [-0.3, -0.25) is 0 Å². The van der Waals surface area contributed by atoms with E-state index in [1.165, 1.54) is 83.5 Å². The predicted octanol–water partition coefficient (Wildman–Crippen LogP) is 6.20. The lowest BCUT2D eigenvalue weighted by Crippen LogP contribution is -2.19. The highest BCUT2D eigenvalue weighted by atomic mass is 35.5. The van der Waals surface area contributed by atoms with Crippen molar-refractivity contribution in [3.63, 3.8) is 0 Å². The standard InChI is InChI=1S/C20H43NO.ClH/c1-4-5-6-7-8-9-10-11-12-13-14-15-16-17-20(22)18-19-21(2)3;/h20,22H,4-19H2,1-3H3;1H. The van der Waals surface area contributed by atoms with E-state index >= 15 is 0 Å². The number of aliphatic hydroxyl groups is 1. The Morgan fingerprint density at radius 3 is 1.43 bits per heavy atom. The smallest absolute Gasteiger partial charge is 0.0552 e. The maximum absolute atomic E-state index is 9.85. The average molecular weight is 350 g/mol. The largest absolute Gasteiger partial charge is 0.393 e. The van der Waals surface area contributed by atoms with Crippen LogP contribution in [0.4, 0.5) is 0 Å². The summed E-state index contributed by atoms with van der Waals surface area (Å²) >= 11 is 0. The van der Waals surface area contributed by atoms with Gasteiger partial charge in [-0.05, 0) is 33.5 Å². The third-order valence-corrected chi connectivity index (χ3v) is 4.55. The Bertz CT molecular complexity index is 212. The van der Waals surface area contributed by atoms with Gasteiger partial charge in [0, 0.05) is 0 Å². The van der Waals surface area contributed by atoms with Crippen LogP contribution in [-0.2, 0) is 0 Å². The molecular formula is C20H44ClNO. The zero-order chi connectivity index (χ0) is 16.5. The van der Waals surface area contributed by atoms with Gasteiger partial charge in [-0.2, -0.15) is 0 Å². The van der Waals surface area contributed by atoms with Crippen molar-refractivity contribution in [3.05, 3.63) is 0 Å². The van der Waals surface area contributed by atoms with E-state index in [2.05, 4.69) is 25.9 Å². The summed E-state index contributed by atoms with van der Waals surface area (Å²) in [4.78, 5) is 2.15. The van der Waals surface area contributed by atoms with Gasteiger partial charge < -0.3 is 10.0 Å². The van der Waals surface area contributed by atoms with Gasteiger partial charge in [-0.15, -0.1) is 12.4 Å². The highest BCUT2D eigenvalue weighted by Crippen LogP contribution is 2.13. The first-order valence-corrected chi connectivity index (χ1v) is 9.99. The monoisotopic (exact) mass is 349 g/mol. The van der Waals surface area contributed by atoms with Crippen molar-refractivity contribution in [2.24, 2.45) is 0 Å². The summed E-state index contributed by atoms with van der Waals surface area (Å²) in [6.45, 7) is 3.28. The number of nitrogens with zero attached hydrogens (tertiary/aromatic N) is 1. The van der Waals surface area contributed by atoms with Gasteiger partial charge in [-0.1, -0.05) is 90.4 Å². The van der Waals surface area contributed by atoms with Crippen molar-refractivity contribution in [2.45, 2.75) is 109 Å². The second kappa shape index (κ2) is 20.3. The first kappa shape index (κ1) is 25.5. The number of unbranched alkanes of at least 4 members (excludes halogenated alkanes) is 12. The van der Waals surface area contributed by atoms with E-state index in [-0.39, 0.29) is 18.5 Å². The van der Waals surface area contributed by atoms with Crippen LogP contribution in [0.1, 0.15) is 103 Å². The highest BCUT2D eigenvalue weighted by Gasteiger charge is 2.04. The van der Waals surface area contributed by atoms with Crippen LogP contribution in [0.15, 0.2) is 0 Å². The molecule has 0 aromatic heterocycles. The summed E-state index contributed by atoms with van der Waals surface area (Å²) in [6, 6.07) is 0. The zero-order valence-corrected chi connectivity index (χ0v) is 17.0. The Labute approximate surface area is 152 Å². The molecule has 0 heterocycles. The van der Waals surface area contributed by atoms with E-state index in [0.29, 0.717) is 0 Å². The quantitative estimate of drug-likeness (QED) is 0.316. The van der Waals surface area contributed by atoms with Gasteiger partial charge in [-0.25, -0.2) is 0 Å². The Morgan fingerprint density at radius 2 is 1.04 bits per heavy atom. The zero-order valence-electron chi connectivity index (χ0n) is 16.2. The Balaban J connectivity index is 0. The summed E-state index contributed by atoms with van der Waals surface area (Å²) in [5.74, 6) is 0. The predicted molar refractivity (Wildman–Crippen MR) is 107 cm³/mol. The topological polar surface area (TPSA) is 23.5 Å². The molecule has 0 aliphatic heterocycles. The fourth-order valence-corrected chi connectivity index (χ4v) is 2.95. The number of hydrogen-bond acceptors (Lipinski definition) is 2. The first-order valence-electron chi connectivity index (χ1n) is 9.99. The lowest BCUT2D eigenvalue weighted by molar-refractivity contribution is 0.139. The van der Waals surface area contributed by atoms with Crippen LogP contribution in [0, 0.1) is 0 Å². The molecule has 2 nitrogen and oxygen atoms in total. The molecule has 0 spiro atoms. The van der Waals surface area contributed by atoms with Crippen LogP contribution < -0.4 is 0 Å². The van der Waals surface area contributed by atoms with Gasteiger partial charge in [0.1, 0.15) is 0 Å². The molecule has 0 aliphatic rings. The van der Waals surface area contributed by atoms with E-state index in [9.17, 15) is 5.11 Å². The second-order valence-electron chi connectivity index (χ2n) is 7.28. The van der Waals surface area contributed by atoms with Gasteiger partial charge in [0.25, 0.3) is 0 Å². The van der Waals surface area contributed by atoms with Crippen LogP contribution in [-0.4, -0.2) is 36.8 Å². The van der Waals surface area contributed by atoms with Gasteiger partial charge in [0.2, 0.25) is 0 Å². The molecule has 0 saturated carbocycles. The summed E-state index contributed by atoms with van der Waals surface area (Å²) < 4.78 is 0. The lowest BCUT2D eigenvalue weighted by Gasteiger charge is -2.14. The van der Waals surface area contributed by atoms with Gasteiger partial charge in [0.05, 0.1) is 6.10 Å². The van der Waals surface area contributed by atoms with Crippen LogP contribution >= 0.6 is 12.4 Å². The van der Waals surface area contributed by atoms with Crippen molar-refractivity contribution < 1.29 is 5.11 Å². The molecule has 0 fully saturated rings. The normalized spacial score (nSPS) is 12.4. The molecule has 0 amide bonds. The summed E-state index contributed by atoms with van der Waals surface area (Å²) in [7, 11) is 4.13. The molecule has 0 aliphatic carbocycles. The molecule has 0 radical (unpaired) electrons. The van der Waals surface area contributed by atoms with Crippen molar-refractivity contribution in [2.75, 3.05) is 20.6 Å². The minimum atomic E-state index is -0.0879. The fraction of sp³-hybridized carbons (Fsp3) is 1.00. The molecule has 1 N–H and O–H groups in total. The maximum Gasteiger partial charge on any atom is 0.0552 e. The molecule has 0 aromatic carbocycles. The molecular weight excluding hydrogens is 306 g/mol. The van der Waals surface area contributed by atoms with E-state index in [0.717, 1.165) is 19.4 Å².